The molecule has 2 unspecified atom stereocenters. The first kappa shape index (κ1) is 12.9. The molecule has 0 radical (unpaired) electrons. The third kappa shape index (κ3) is 2.34. The van der Waals surface area contributed by atoms with Crippen LogP contribution in [0.3, 0.4) is 0 Å². The van der Waals surface area contributed by atoms with Crippen LogP contribution in [-0.4, -0.2) is 40.8 Å². The van der Waals surface area contributed by atoms with Crippen molar-refractivity contribution >= 4 is 17.4 Å². The van der Waals surface area contributed by atoms with E-state index in [0.717, 1.165) is 11.4 Å². The van der Waals surface area contributed by atoms with Gasteiger partial charge in [0.2, 0.25) is 0 Å². The number of fused-ring (bicyclic) bond motifs is 1. The molecule has 0 saturated carbocycles. The van der Waals surface area contributed by atoms with Crippen molar-refractivity contribution in [2.45, 2.75) is 44.5 Å². The maximum Gasteiger partial charge on any atom is 0.410 e. The van der Waals surface area contributed by atoms with Crippen molar-refractivity contribution in [1.82, 2.24) is 9.88 Å². The molecule has 0 spiro atoms. The molecule has 1 aromatic rings. The van der Waals surface area contributed by atoms with Crippen LogP contribution in [0.1, 0.15) is 32.2 Å². The number of hydrogen-bond acceptors (Lipinski definition) is 5. The Bertz CT molecular complexity index is 483. The lowest BCUT2D eigenvalue weighted by Gasteiger charge is -2.31. The molecule has 2 aliphatic heterocycles. The van der Waals surface area contributed by atoms with Crippen molar-refractivity contribution < 1.29 is 14.3 Å². The minimum atomic E-state index is -0.466. The third-order valence-electron chi connectivity index (χ3n) is 3.35. The van der Waals surface area contributed by atoms with Crippen LogP contribution in [0, 0.1) is 0 Å². The van der Waals surface area contributed by atoms with E-state index in [4.69, 9.17) is 9.47 Å². The van der Waals surface area contributed by atoms with E-state index in [1.54, 1.807) is 22.4 Å². The van der Waals surface area contributed by atoms with Gasteiger partial charge in [0.1, 0.15) is 10.6 Å². The molecule has 0 N–H and O–H groups in total. The summed E-state index contributed by atoms with van der Waals surface area (Å²) in [7, 11) is 0. The number of aromatic nitrogens is 1. The molecule has 2 aliphatic rings. The van der Waals surface area contributed by atoms with Gasteiger partial charge in [0.25, 0.3) is 0 Å². The van der Waals surface area contributed by atoms with Crippen molar-refractivity contribution in [3.8, 4) is 0 Å². The minimum Gasteiger partial charge on any atom is -0.444 e. The number of carbonyl (C=O) groups excluding carboxylic acids is 1. The number of epoxide rings is 1. The summed E-state index contributed by atoms with van der Waals surface area (Å²) in [6.07, 6.45) is 2.56. The summed E-state index contributed by atoms with van der Waals surface area (Å²) in [6, 6.07) is 0. The van der Waals surface area contributed by atoms with E-state index in [0.29, 0.717) is 13.1 Å². The second kappa shape index (κ2) is 4.18. The Morgan fingerprint density at radius 1 is 1.63 bits per heavy atom. The molecular weight excluding hydrogens is 264 g/mol. The van der Waals surface area contributed by atoms with E-state index in [1.807, 2.05) is 26.2 Å². The average Bonchev–Trinajstić information content (AvgIpc) is 2.78. The predicted molar refractivity (Wildman–Crippen MR) is 71.1 cm³/mol. The lowest BCUT2D eigenvalue weighted by molar-refractivity contribution is 0.0189. The third-order valence-corrected chi connectivity index (χ3v) is 4.28. The molecule has 1 amide bonds. The number of rotatable bonds is 1. The van der Waals surface area contributed by atoms with Crippen LogP contribution < -0.4 is 0 Å². The monoisotopic (exact) mass is 282 g/mol. The number of carbonyl (C=O) groups is 1. The number of ether oxygens (including phenoxy) is 2. The van der Waals surface area contributed by atoms with Gasteiger partial charge in [-0.25, -0.2) is 9.78 Å². The molecular formula is C13H18N2O3S. The molecule has 2 fully saturated rings. The Morgan fingerprint density at radius 3 is 3.05 bits per heavy atom. The summed E-state index contributed by atoms with van der Waals surface area (Å²) in [6.45, 7) is 6.86. The summed E-state index contributed by atoms with van der Waals surface area (Å²) < 4.78 is 11.2. The van der Waals surface area contributed by atoms with Gasteiger partial charge in [-0.3, -0.25) is 0 Å². The Labute approximate surface area is 116 Å². The molecule has 2 saturated heterocycles. The van der Waals surface area contributed by atoms with E-state index in [1.165, 1.54) is 0 Å². The lowest BCUT2D eigenvalue weighted by atomic mass is 9.99. The SMILES string of the molecule is CC(C)(C)OC(=O)N1CCC2OC2(c2nccs2)C1. The lowest BCUT2D eigenvalue weighted by Crippen LogP contribution is -2.45. The van der Waals surface area contributed by atoms with Gasteiger partial charge in [-0.1, -0.05) is 0 Å². The topological polar surface area (TPSA) is 55.0 Å². The smallest absolute Gasteiger partial charge is 0.410 e. The minimum absolute atomic E-state index is 0.206. The summed E-state index contributed by atoms with van der Waals surface area (Å²) in [5, 5.41) is 2.90. The number of thiazole rings is 1. The van der Waals surface area contributed by atoms with Gasteiger partial charge < -0.3 is 14.4 Å². The van der Waals surface area contributed by atoms with Gasteiger partial charge in [-0.15, -0.1) is 11.3 Å². The van der Waals surface area contributed by atoms with E-state index in [9.17, 15) is 4.79 Å². The number of hydrogen-bond donors (Lipinski definition) is 0. The molecule has 0 aliphatic carbocycles. The number of likely N-dealkylation sites (tertiary alicyclic amines) is 1. The van der Waals surface area contributed by atoms with Gasteiger partial charge in [0, 0.05) is 18.1 Å². The second-order valence-corrected chi connectivity index (χ2v) is 6.92. The zero-order chi connectivity index (χ0) is 13.7. The zero-order valence-electron chi connectivity index (χ0n) is 11.4. The molecule has 5 nitrogen and oxygen atoms in total. The number of amides is 1. The molecule has 0 bridgehead atoms. The van der Waals surface area contributed by atoms with Crippen molar-refractivity contribution in [3.63, 3.8) is 0 Å². The molecule has 0 aromatic carbocycles. The molecule has 19 heavy (non-hydrogen) atoms. The van der Waals surface area contributed by atoms with Crippen molar-refractivity contribution in [1.29, 1.82) is 0 Å². The Hall–Kier alpha value is -1.14. The molecule has 2 atom stereocenters. The van der Waals surface area contributed by atoms with Crippen LogP contribution in [0.5, 0.6) is 0 Å². The van der Waals surface area contributed by atoms with Crippen LogP contribution in [0.4, 0.5) is 4.79 Å². The second-order valence-electron chi connectivity index (χ2n) is 6.02. The molecule has 104 valence electrons. The highest BCUT2D eigenvalue weighted by atomic mass is 32.1. The molecule has 1 aromatic heterocycles. The van der Waals surface area contributed by atoms with Crippen LogP contribution in [-0.2, 0) is 15.1 Å². The van der Waals surface area contributed by atoms with Gasteiger partial charge in [-0.05, 0) is 27.2 Å². The summed E-state index contributed by atoms with van der Waals surface area (Å²) in [5.74, 6) is 0. The predicted octanol–water partition coefficient (Wildman–Crippen LogP) is 2.38. The highest BCUT2D eigenvalue weighted by Crippen LogP contribution is 2.51. The first-order valence-electron chi connectivity index (χ1n) is 6.46. The fourth-order valence-electron chi connectivity index (χ4n) is 2.46. The largest absolute Gasteiger partial charge is 0.444 e. The Balaban J connectivity index is 1.72. The summed E-state index contributed by atoms with van der Waals surface area (Å²) >= 11 is 1.58. The standard InChI is InChI=1S/C13H18N2O3S/c1-12(2,3)18-11(16)15-6-4-9-13(8-15,17-9)10-14-5-7-19-10/h5,7,9H,4,6,8H2,1-3H3. The normalized spacial score (nSPS) is 29.8. The highest BCUT2D eigenvalue weighted by molar-refractivity contribution is 7.09. The van der Waals surface area contributed by atoms with E-state index >= 15 is 0 Å². The summed E-state index contributed by atoms with van der Waals surface area (Å²) in [4.78, 5) is 18.2. The maximum atomic E-state index is 12.1. The first-order chi connectivity index (χ1) is 8.91. The van der Waals surface area contributed by atoms with Crippen LogP contribution >= 0.6 is 11.3 Å². The van der Waals surface area contributed by atoms with E-state index < -0.39 is 5.60 Å². The molecule has 3 heterocycles. The van der Waals surface area contributed by atoms with Crippen LogP contribution in [0.15, 0.2) is 11.6 Å². The quantitative estimate of drug-likeness (QED) is 0.742. The van der Waals surface area contributed by atoms with Gasteiger partial charge in [0.05, 0.1) is 12.6 Å². The van der Waals surface area contributed by atoms with E-state index in [-0.39, 0.29) is 17.8 Å². The van der Waals surface area contributed by atoms with Gasteiger partial charge in [-0.2, -0.15) is 0 Å². The van der Waals surface area contributed by atoms with E-state index in [2.05, 4.69) is 4.98 Å². The first-order valence-corrected chi connectivity index (χ1v) is 7.34. The molecule has 6 heteroatoms. The van der Waals surface area contributed by atoms with Crippen molar-refractivity contribution in [2.24, 2.45) is 0 Å². The highest BCUT2D eigenvalue weighted by Gasteiger charge is 2.63. The van der Waals surface area contributed by atoms with Crippen LogP contribution in [0.2, 0.25) is 0 Å². The fourth-order valence-corrected chi connectivity index (χ4v) is 3.27. The Kier molecular flexibility index (Phi) is 2.83. The maximum absolute atomic E-state index is 12.1. The Morgan fingerprint density at radius 2 is 2.42 bits per heavy atom. The zero-order valence-corrected chi connectivity index (χ0v) is 12.2. The van der Waals surface area contributed by atoms with Crippen molar-refractivity contribution in [3.05, 3.63) is 16.6 Å². The average molecular weight is 282 g/mol. The number of nitrogens with zero attached hydrogens (tertiary/aromatic N) is 2. The summed E-state index contributed by atoms with van der Waals surface area (Å²) in [5.41, 5.74) is -0.837. The van der Waals surface area contributed by atoms with Gasteiger partial charge >= 0.3 is 6.09 Å². The van der Waals surface area contributed by atoms with Gasteiger partial charge in [0.15, 0.2) is 5.60 Å². The molecule has 3 rings (SSSR count). The fraction of sp³-hybridized carbons (Fsp3) is 0.692. The van der Waals surface area contributed by atoms with Crippen molar-refractivity contribution in [2.75, 3.05) is 13.1 Å². The number of piperidine rings is 1. The van der Waals surface area contributed by atoms with Crippen LogP contribution in [0.25, 0.3) is 0 Å².